The molecule has 1 aliphatic heterocycles. The minimum Gasteiger partial charge on any atom is -0.423 e. The van der Waals surface area contributed by atoms with Gasteiger partial charge in [-0.3, -0.25) is 0 Å². The summed E-state index contributed by atoms with van der Waals surface area (Å²) in [6.07, 6.45) is 16.6. The van der Waals surface area contributed by atoms with Gasteiger partial charge in [-0.2, -0.15) is 0 Å². The first-order valence-corrected chi connectivity index (χ1v) is 26.0. The molecule has 0 radical (unpaired) electrons. The normalized spacial score (nSPS) is 31.7. The molecule has 65 heavy (non-hydrogen) atoms. The summed E-state index contributed by atoms with van der Waals surface area (Å²) >= 11 is 3.81. The largest absolute Gasteiger partial charge is 0.488 e. The summed E-state index contributed by atoms with van der Waals surface area (Å²) in [4.78, 5) is 0. The second-order valence-electron chi connectivity index (χ2n) is 21.8. The van der Waals surface area contributed by atoms with Crippen LogP contribution in [0.2, 0.25) is 0 Å². The van der Waals surface area contributed by atoms with Gasteiger partial charge in [0, 0.05) is 28.5 Å². The molecule has 0 amide bonds. The highest BCUT2D eigenvalue weighted by atomic mass is 79.9. The fourth-order valence-corrected chi connectivity index (χ4v) is 17.0. The molecule has 2 N–H and O–H groups in total. The van der Waals surface area contributed by atoms with Crippen molar-refractivity contribution < 1.29 is 14.8 Å². The van der Waals surface area contributed by atoms with Crippen LogP contribution in [0.5, 0.6) is 0 Å². The van der Waals surface area contributed by atoms with Crippen LogP contribution in [0.1, 0.15) is 99.3 Å². The zero-order chi connectivity index (χ0) is 43.4. The van der Waals surface area contributed by atoms with E-state index in [9.17, 15) is 10.0 Å². The third-order valence-corrected chi connectivity index (χ3v) is 19.1. The summed E-state index contributed by atoms with van der Waals surface area (Å²) in [5.74, 6) is 6.80. The number of ether oxygens (including phenoxy) is 1. The van der Waals surface area contributed by atoms with Gasteiger partial charge < -0.3 is 14.8 Å². The minimum absolute atomic E-state index is 0.0538. The molecule has 1 saturated heterocycles. The molecule has 3 nitrogen and oxygen atoms in total. The van der Waals surface area contributed by atoms with Crippen LogP contribution in [0.25, 0.3) is 44.5 Å². The molecule has 1 heterocycles. The Balaban J connectivity index is 0.000000118. The minimum atomic E-state index is -1.41. The summed E-state index contributed by atoms with van der Waals surface area (Å²) in [7, 11) is -1.41. The van der Waals surface area contributed by atoms with Crippen molar-refractivity contribution in [2.24, 2.45) is 47.3 Å². The summed E-state index contributed by atoms with van der Waals surface area (Å²) in [5, 5.41) is 19.9. The third-order valence-electron chi connectivity index (χ3n) is 18.6. The molecule has 328 valence electrons. The number of hydrogen-bond donors (Lipinski definition) is 2. The molecule has 11 aliphatic rings. The summed E-state index contributed by atoms with van der Waals surface area (Å²) in [6.45, 7) is 2.00. The van der Waals surface area contributed by atoms with E-state index in [1.165, 1.54) is 137 Å². The molecule has 8 saturated carbocycles. The predicted molar refractivity (Wildman–Crippen MR) is 268 cm³/mol. The lowest BCUT2D eigenvalue weighted by Gasteiger charge is -2.61. The number of halogens is 1. The highest BCUT2D eigenvalue weighted by Gasteiger charge is 2.63. The second-order valence-corrected chi connectivity index (χ2v) is 22.7. The Hall–Kier alpha value is -4.26. The topological polar surface area (TPSA) is 49.7 Å². The molecule has 8 bridgehead atoms. The second kappa shape index (κ2) is 15.9. The Labute approximate surface area is 394 Å². The number of rotatable bonds is 3. The fraction of sp³-hybridized carbons (Fsp3) is 0.400. The average Bonchev–Trinajstić information content (AvgIpc) is 4.07. The van der Waals surface area contributed by atoms with Crippen molar-refractivity contribution in [2.45, 2.75) is 87.9 Å². The molecule has 6 aromatic rings. The van der Waals surface area contributed by atoms with Gasteiger partial charge in [0.2, 0.25) is 0 Å². The van der Waals surface area contributed by atoms with Crippen LogP contribution in [0.4, 0.5) is 0 Å². The maximum atomic E-state index is 9.96. The van der Waals surface area contributed by atoms with Crippen LogP contribution < -0.4 is 5.46 Å². The first-order valence-electron chi connectivity index (χ1n) is 25.2. The van der Waals surface area contributed by atoms with Crippen molar-refractivity contribution >= 4 is 28.5 Å². The zero-order valence-electron chi connectivity index (χ0n) is 37.5. The van der Waals surface area contributed by atoms with Gasteiger partial charge in [0.05, 0.1) is 0 Å². The van der Waals surface area contributed by atoms with Crippen LogP contribution in [0.3, 0.4) is 0 Å². The van der Waals surface area contributed by atoms with Crippen molar-refractivity contribution in [1.29, 1.82) is 0 Å². The Morgan fingerprint density at radius 1 is 0.415 bits per heavy atom. The molecule has 6 aromatic carbocycles. The Morgan fingerprint density at radius 2 is 0.846 bits per heavy atom. The van der Waals surface area contributed by atoms with Crippen molar-refractivity contribution in [3.8, 4) is 44.5 Å². The van der Waals surface area contributed by atoms with E-state index in [-0.39, 0.29) is 10.8 Å². The van der Waals surface area contributed by atoms with Gasteiger partial charge in [-0.05, 0) is 221 Å². The summed E-state index contributed by atoms with van der Waals surface area (Å²) in [6, 6.07) is 49.3. The molecular weight excluding hydrogens is 859 g/mol. The molecule has 0 aromatic heterocycles. The standard InChI is InChI=1S/C28H27BO2.C28H25Br.C4H8O/c30-29(31)23-7-8-24-25-15-20(19-4-2-1-3-5-19)6-9-26(25)28(27(24)16-23)21-11-17-10-18(13-21)14-22(28)12-17;29-23-7-8-24-25-15-20(19-4-2-1-3-5-19)6-9-26(25)28(27(24)16-23)21-11-17-10-18(13-21)14-22(28)12-17;1-2-4-5-3-1/h1-9,15-18,21-22,30-31H,10-14H2;1-9,15-18,21-22H,10-14H2;1-4H2. The molecule has 10 aliphatic carbocycles. The molecule has 5 heteroatoms. The molecule has 0 atom stereocenters. The molecule has 9 fully saturated rings. The lowest BCUT2D eigenvalue weighted by Crippen LogP contribution is -2.55. The van der Waals surface area contributed by atoms with E-state index in [0.29, 0.717) is 17.3 Å². The van der Waals surface area contributed by atoms with E-state index < -0.39 is 7.12 Å². The van der Waals surface area contributed by atoms with Gasteiger partial charge in [0.15, 0.2) is 0 Å². The predicted octanol–water partition coefficient (Wildman–Crippen LogP) is 13.4. The maximum Gasteiger partial charge on any atom is 0.488 e. The van der Waals surface area contributed by atoms with E-state index >= 15 is 0 Å². The maximum absolute atomic E-state index is 9.96. The van der Waals surface area contributed by atoms with Crippen LogP contribution in [-0.4, -0.2) is 30.4 Å². The zero-order valence-corrected chi connectivity index (χ0v) is 39.1. The molecular formula is C60H60BBrO3. The molecule has 0 unspecified atom stereocenters. The number of benzene rings is 6. The number of fused-ring (bicyclic) bond motifs is 6. The van der Waals surface area contributed by atoms with E-state index in [4.69, 9.17) is 4.74 Å². The van der Waals surface area contributed by atoms with E-state index in [0.717, 1.165) is 48.7 Å². The first-order chi connectivity index (χ1) is 31.9. The monoisotopic (exact) mass is 918 g/mol. The van der Waals surface area contributed by atoms with Crippen molar-refractivity contribution in [3.05, 3.63) is 160 Å². The van der Waals surface area contributed by atoms with Crippen molar-refractivity contribution in [2.75, 3.05) is 13.2 Å². The van der Waals surface area contributed by atoms with Gasteiger partial charge in [0.1, 0.15) is 0 Å². The van der Waals surface area contributed by atoms with Gasteiger partial charge in [-0.1, -0.05) is 125 Å². The molecule has 17 rings (SSSR count). The highest BCUT2D eigenvalue weighted by Crippen LogP contribution is 2.71. The fourth-order valence-electron chi connectivity index (χ4n) is 16.7. The van der Waals surface area contributed by atoms with Crippen LogP contribution in [0, 0.1) is 47.3 Å². The summed E-state index contributed by atoms with van der Waals surface area (Å²) < 4.78 is 6.18. The first kappa shape index (κ1) is 41.0. The SMILES string of the molecule is Brc1ccc2c(c1)C1(c3ccc(-c4ccccc4)cc3-2)C2CC3CC(C2)CC1C3.C1CCOC1.OB(O)c1ccc2c(c1)C1(c3ccc(-c4ccccc4)cc3-2)C2CC3CC(C2)CC1C3. The molecule has 2 spiro atoms. The Kier molecular flexibility index (Phi) is 10.0. The highest BCUT2D eigenvalue weighted by molar-refractivity contribution is 9.10. The quantitative estimate of drug-likeness (QED) is 0.174. The third kappa shape index (κ3) is 6.38. The van der Waals surface area contributed by atoms with Crippen molar-refractivity contribution in [3.63, 3.8) is 0 Å². The van der Waals surface area contributed by atoms with E-state index in [1.807, 2.05) is 6.07 Å². The Morgan fingerprint density at radius 3 is 1.26 bits per heavy atom. The van der Waals surface area contributed by atoms with Crippen LogP contribution >= 0.6 is 15.9 Å². The average molecular weight is 920 g/mol. The van der Waals surface area contributed by atoms with Gasteiger partial charge >= 0.3 is 7.12 Å². The lowest BCUT2D eigenvalue weighted by atomic mass is 9.43. The van der Waals surface area contributed by atoms with Crippen LogP contribution in [-0.2, 0) is 15.6 Å². The van der Waals surface area contributed by atoms with Gasteiger partial charge in [0.25, 0.3) is 0 Å². The summed E-state index contributed by atoms with van der Waals surface area (Å²) in [5.41, 5.74) is 17.9. The number of hydrogen-bond acceptors (Lipinski definition) is 3. The Bertz CT molecular complexity index is 2710. The van der Waals surface area contributed by atoms with Gasteiger partial charge in [-0.25, -0.2) is 0 Å². The van der Waals surface area contributed by atoms with Gasteiger partial charge in [-0.15, -0.1) is 0 Å². The van der Waals surface area contributed by atoms with E-state index in [1.54, 1.807) is 11.1 Å². The smallest absolute Gasteiger partial charge is 0.423 e. The van der Waals surface area contributed by atoms with Crippen LogP contribution in [0.15, 0.2) is 138 Å². The van der Waals surface area contributed by atoms with Crippen molar-refractivity contribution in [1.82, 2.24) is 0 Å². The lowest BCUT2D eigenvalue weighted by molar-refractivity contribution is -0.0399. The van der Waals surface area contributed by atoms with E-state index in [2.05, 4.69) is 143 Å².